The van der Waals surface area contributed by atoms with Gasteiger partial charge in [-0.1, -0.05) is 128 Å². The summed E-state index contributed by atoms with van der Waals surface area (Å²) in [6.07, 6.45) is 31.2. The second-order valence-corrected chi connectivity index (χ2v) is 9.56. The Morgan fingerprint density at radius 3 is 1.69 bits per heavy atom. The van der Waals surface area contributed by atoms with Crippen molar-refractivity contribution in [3.05, 3.63) is 12.2 Å². The average molecular weight is 450 g/mol. The molecule has 1 saturated heterocycles. The Kier molecular flexibility index (Phi) is 19.3. The molecule has 186 valence electrons. The molecule has 0 unspecified atom stereocenters. The number of carbonyl (C=O) groups excluding carboxylic acids is 2. The van der Waals surface area contributed by atoms with E-state index in [1.807, 2.05) is 6.08 Å². The van der Waals surface area contributed by atoms with Gasteiger partial charge < -0.3 is 10.1 Å². The molecule has 0 aliphatic carbocycles. The van der Waals surface area contributed by atoms with Crippen molar-refractivity contribution in [3.8, 4) is 0 Å². The van der Waals surface area contributed by atoms with Gasteiger partial charge >= 0.3 is 5.97 Å². The van der Waals surface area contributed by atoms with Crippen LogP contribution < -0.4 is 5.32 Å². The van der Waals surface area contributed by atoms with Crippen LogP contribution in [0.25, 0.3) is 0 Å². The van der Waals surface area contributed by atoms with E-state index in [4.69, 9.17) is 4.74 Å². The maximum Gasteiger partial charge on any atom is 0.328 e. The molecule has 32 heavy (non-hydrogen) atoms. The highest BCUT2D eigenvalue weighted by Gasteiger charge is 2.28. The van der Waals surface area contributed by atoms with Crippen molar-refractivity contribution in [2.75, 3.05) is 6.61 Å². The molecule has 1 fully saturated rings. The third-order valence-corrected chi connectivity index (χ3v) is 6.49. The summed E-state index contributed by atoms with van der Waals surface area (Å²) in [7, 11) is 0. The summed E-state index contributed by atoms with van der Waals surface area (Å²) in [6, 6.07) is -0.439. The van der Waals surface area contributed by atoms with Gasteiger partial charge in [-0.05, 0) is 19.3 Å². The zero-order valence-corrected chi connectivity index (χ0v) is 21.0. The Morgan fingerprint density at radius 1 is 0.781 bits per heavy atom. The average Bonchev–Trinajstić information content (AvgIpc) is 3.23. The van der Waals surface area contributed by atoms with Crippen LogP contribution in [0.5, 0.6) is 0 Å². The third-order valence-electron chi connectivity index (χ3n) is 6.49. The van der Waals surface area contributed by atoms with Crippen molar-refractivity contribution in [1.82, 2.24) is 5.32 Å². The van der Waals surface area contributed by atoms with Crippen molar-refractivity contribution < 1.29 is 14.3 Å². The molecule has 1 atom stereocenters. The second kappa shape index (κ2) is 21.5. The molecule has 1 heterocycles. The molecule has 0 radical (unpaired) electrons. The minimum atomic E-state index is -0.439. The van der Waals surface area contributed by atoms with Gasteiger partial charge in [-0.15, -0.1) is 0 Å². The monoisotopic (exact) mass is 449 g/mol. The molecule has 0 aromatic carbocycles. The van der Waals surface area contributed by atoms with Gasteiger partial charge in [0.1, 0.15) is 12.6 Å². The normalized spacial score (nSPS) is 16.0. The molecule has 1 aliphatic rings. The molecular formula is C28H51NO3. The van der Waals surface area contributed by atoms with E-state index >= 15 is 0 Å². The van der Waals surface area contributed by atoms with Crippen molar-refractivity contribution in [2.24, 2.45) is 0 Å². The van der Waals surface area contributed by atoms with Crippen LogP contribution in [0.4, 0.5) is 0 Å². The van der Waals surface area contributed by atoms with Gasteiger partial charge in [0, 0.05) is 6.42 Å². The Balaban J connectivity index is 1.72. The summed E-state index contributed by atoms with van der Waals surface area (Å²) in [5, 5.41) is 2.63. The van der Waals surface area contributed by atoms with Crippen LogP contribution in [0.2, 0.25) is 0 Å². The molecule has 4 heteroatoms. The third kappa shape index (κ3) is 17.3. The lowest BCUT2D eigenvalue weighted by atomic mass is 10.0. The maximum absolute atomic E-state index is 11.7. The number of esters is 1. The number of carbonyl (C=O) groups is 2. The fraction of sp³-hybridized carbons (Fsp3) is 0.857. The van der Waals surface area contributed by atoms with Gasteiger partial charge in [-0.2, -0.15) is 0 Å². The highest BCUT2D eigenvalue weighted by molar-refractivity contribution is 5.88. The Labute approximate surface area is 198 Å². The zero-order valence-electron chi connectivity index (χ0n) is 21.0. The Bertz CT molecular complexity index is 489. The van der Waals surface area contributed by atoms with Gasteiger partial charge in [0.25, 0.3) is 0 Å². The van der Waals surface area contributed by atoms with Crippen LogP contribution in [-0.4, -0.2) is 24.5 Å². The van der Waals surface area contributed by atoms with Gasteiger partial charge in [0.15, 0.2) is 0 Å². The minimum Gasteiger partial charge on any atom is -0.460 e. The van der Waals surface area contributed by atoms with Crippen LogP contribution in [0.1, 0.15) is 142 Å². The van der Waals surface area contributed by atoms with Crippen molar-refractivity contribution in [3.63, 3.8) is 0 Å². The zero-order chi connectivity index (χ0) is 23.1. The van der Waals surface area contributed by atoms with Crippen LogP contribution in [-0.2, 0) is 14.3 Å². The van der Waals surface area contributed by atoms with Crippen LogP contribution >= 0.6 is 0 Å². The molecule has 0 aromatic rings. The van der Waals surface area contributed by atoms with E-state index in [9.17, 15) is 9.59 Å². The first-order chi connectivity index (χ1) is 15.7. The van der Waals surface area contributed by atoms with Crippen LogP contribution in [0.3, 0.4) is 0 Å². The summed E-state index contributed by atoms with van der Waals surface area (Å²) < 4.78 is 5.17. The summed E-state index contributed by atoms with van der Waals surface area (Å²) in [4.78, 5) is 22.8. The molecule has 4 nitrogen and oxygen atoms in total. The largest absolute Gasteiger partial charge is 0.460 e. The fourth-order valence-electron chi connectivity index (χ4n) is 4.37. The lowest BCUT2D eigenvalue weighted by Gasteiger charge is -2.08. The SMILES string of the molecule is CCCCCCCCCCCCCCCCCCCC/C=C/COC(=O)[C@@H]1CCC(=O)N1. The van der Waals surface area contributed by atoms with E-state index < -0.39 is 6.04 Å². The predicted molar refractivity (Wildman–Crippen MR) is 135 cm³/mol. The van der Waals surface area contributed by atoms with Gasteiger partial charge in [-0.3, -0.25) is 4.79 Å². The van der Waals surface area contributed by atoms with Crippen molar-refractivity contribution in [1.29, 1.82) is 0 Å². The molecule has 0 bridgehead atoms. The molecule has 0 spiro atoms. The lowest BCUT2D eigenvalue weighted by molar-refractivity contribution is -0.145. The Hall–Kier alpha value is -1.32. The topological polar surface area (TPSA) is 55.4 Å². The fourth-order valence-corrected chi connectivity index (χ4v) is 4.37. The molecule has 1 N–H and O–H groups in total. The smallest absolute Gasteiger partial charge is 0.328 e. The number of hydrogen-bond donors (Lipinski definition) is 1. The standard InChI is InChI=1S/C28H51NO3/c1-2-3-4-5-6-7-8-9-10-11-12-13-14-15-16-17-18-19-20-21-22-25-32-28(31)26-23-24-27(30)29-26/h21-22,26H,2-20,23-25H2,1H3,(H,29,30)/b22-21+/t26-/m0/s1. The van der Waals surface area contributed by atoms with E-state index in [2.05, 4.69) is 18.3 Å². The molecular weight excluding hydrogens is 398 g/mol. The second-order valence-electron chi connectivity index (χ2n) is 9.56. The van der Waals surface area contributed by atoms with Gasteiger partial charge in [0.2, 0.25) is 5.91 Å². The summed E-state index contributed by atoms with van der Waals surface area (Å²) in [6.45, 7) is 2.60. The number of hydrogen-bond acceptors (Lipinski definition) is 3. The molecule has 1 aliphatic heterocycles. The van der Waals surface area contributed by atoms with E-state index in [-0.39, 0.29) is 11.9 Å². The number of allylic oxidation sites excluding steroid dienone is 1. The predicted octanol–water partition coefficient (Wildman–Crippen LogP) is 7.80. The molecule has 1 rings (SSSR count). The number of rotatable bonds is 22. The molecule has 0 aromatic heterocycles. The van der Waals surface area contributed by atoms with E-state index in [0.29, 0.717) is 19.4 Å². The maximum atomic E-state index is 11.7. The first-order valence-electron chi connectivity index (χ1n) is 13.8. The lowest BCUT2D eigenvalue weighted by Crippen LogP contribution is -2.34. The highest BCUT2D eigenvalue weighted by Crippen LogP contribution is 2.14. The van der Waals surface area contributed by atoms with Crippen molar-refractivity contribution >= 4 is 11.9 Å². The highest BCUT2D eigenvalue weighted by atomic mass is 16.5. The first kappa shape index (κ1) is 28.7. The summed E-state index contributed by atoms with van der Waals surface area (Å²) >= 11 is 0. The van der Waals surface area contributed by atoms with Crippen LogP contribution in [0, 0.1) is 0 Å². The minimum absolute atomic E-state index is 0.0587. The summed E-state index contributed by atoms with van der Waals surface area (Å²) in [5.74, 6) is -0.370. The summed E-state index contributed by atoms with van der Waals surface area (Å²) in [5.41, 5.74) is 0. The van der Waals surface area contributed by atoms with Crippen LogP contribution in [0.15, 0.2) is 12.2 Å². The first-order valence-corrected chi connectivity index (χ1v) is 13.8. The van der Waals surface area contributed by atoms with Crippen molar-refractivity contribution in [2.45, 2.75) is 148 Å². The van der Waals surface area contributed by atoms with Gasteiger partial charge in [0.05, 0.1) is 0 Å². The van der Waals surface area contributed by atoms with E-state index in [1.165, 1.54) is 116 Å². The molecule has 0 saturated carbocycles. The molecule has 1 amide bonds. The Morgan fingerprint density at radius 2 is 1.25 bits per heavy atom. The number of amides is 1. The van der Waals surface area contributed by atoms with E-state index in [0.717, 1.165) is 6.42 Å². The van der Waals surface area contributed by atoms with Gasteiger partial charge in [-0.25, -0.2) is 4.79 Å². The van der Waals surface area contributed by atoms with E-state index in [1.54, 1.807) is 0 Å². The number of ether oxygens (including phenoxy) is 1. The quantitative estimate of drug-likeness (QED) is 0.104. The number of nitrogens with one attached hydrogen (secondary N) is 1. The number of unbranched alkanes of at least 4 members (excludes halogenated alkanes) is 18.